The molecule has 2 aromatic rings. The van der Waals surface area contributed by atoms with Gasteiger partial charge >= 0.3 is 0 Å². The maximum atomic E-state index is 4.83. The summed E-state index contributed by atoms with van der Waals surface area (Å²) in [5.74, 6) is 0.685. The van der Waals surface area contributed by atoms with Crippen LogP contribution in [0.2, 0.25) is 13.1 Å². The molecule has 177 valence electrons. The molecule has 2 heteroatoms. The molecule has 2 aliphatic carbocycles. The first-order valence-corrected chi connectivity index (χ1v) is 14.8. The fraction of sp³-hybridized carbons (Fsp3) is 0.419. The van der Waals surface area contributed by atoms with Crippen LogP contribution in [0, 0.1) is 5.92 Å². The van der Waals surface area contributed by atoms with E-state index in [-0.39, 0.29) is 0 Å². The lowest BCUT2D eigenvalue weighted by atomic mass is 9.97. The van der Waals surface area contributed by atoms with Crippen molar-refractivity contribution in [2.75, 3.05) is 13.2 Å². The molecule has 1 nitrogen and oxygen atoms in total. The van der Waals surface area contributed by atoms with Crippen molar-refractivity contribution in [2.45, 2.75) is 68.0 Å². The van der Waals surface area contributed by atoms with E-state index in [4.69, 9.17) is 4.74 Å². The molecule has 0 aliphatic heterocycles. The molecule has 1 atom stereocenters. The average Bonchev–Trinajstić information content (AvgIpc) is 3.26. The lowest BCUT2D eigenvalue weighted by Gasteiger charge is -2.15. The maximum absolute atomic E-state index is 4.83. The molecule has 0 aromatic heterocycles. The summed E-state index contributed by atoms with van der Waals surface area (Å²) in [6.45, 7) is 21.6. The predicted octanol–water partition coefficient (Wildman–Crippen LogP) is 8.94. The van der Waals surface area contributed by atoms with Crippen LogP contribution in [-0.4, -0.2) is 22.0 Å². The molecular formula is C31H43OSi. The van der Waals surface area contributed by atoms with E-state index in [2.05, 4.69) is 102 Å². The molecule has 0 amide bonds. The Morgan fingerprint density at radius 3 is 1.94 bits per heavy atom. The number of hydrogen-bond donors (Lipinski definition) is 0. The molecule has 2 aliphatic rings. The molecule has 33 heavy (non-hydrogen) atoms. The highest BCUT2D eigenvalue weighted by atomic mass is 28.3. The number of hydrogen-bond acceptors (Lipinski definition) is 1. The zero-order valence-corrected chi connectivity index (χ0v) is 23.3. The largest absolute Gasteiger partial charge is 0.382 e. The van der Waals surface area contributed by atoms with Crippen LogP contribution in [0.4, 0.5) is 0 Å². The summed E-state index contributed by atoms with van der Waals surface area (Å²) < 4.78 is 4.83. The molecule has 1 unspecified atom stereocenters. The van der Waals surface area contributed by atoms with Crippen molar-refractivity contribution in [1.29, 1.82) is 0 Å². The Morgan fingerprint density at radius 1 is 0.879 bits per heavy atom. The summed E-state index contributed by atoms with van der Waals surface area (Å²) in [7, 11) is -0.422. The third-order valence-electron chi connectivity index (χ3n) is 6.64. The smallest absolute Gasteiger partial charge is 0.0799 e. The maximum Gasteiger partial charge on any atom is 0.0799 e. The monoisotopic (exact) mass is 459 g/mol. The molecule has 2 aromatic carbocycles. The lowest BCUT2D eigenvalue weighted by molar-refractivity contribution is 0.162. The molecule has 4 rings (SSSR count). The van der Waals surface area contributed by atoms with Crippen LogP contribution in [0.1, 0.15) is 59.6 Å². The Kier molecular flexibility index (Phi) is 10.6. The second-order valence-corrected chi connectivity index (χ2v) is 11.8. The van der Waals surface area contributed by atoms with E-state index in [1.54, 1.807) is 10.8 Å². The molecule has 0 heterocycles. The summed E-state index contributed by atoms with van der Waals surface area (Å²) in [6.07, 6.45) is 3.46. The van der Waals surface area contributed by atoms with E-state index in [1.165, 1.54) is 39.0 Å². The van der Waals surface area contributed by atoms with Gasteiger partial charge in [0.1, 0.15) is 0 Å². The minimum absolute atomic E-state index is 0.422. The summed E-state index contributed by atoms with van der Waals surface area (Å²) in [4.78, 5) is 0. The van der Waals surface area contributed by atoms with Crippen molar-refractivity contribution in [2.24, 2.45) is 5.92 Å². The van der Waals surface area contributed by atoms with Gasteiger partial charge in [-0.1, -0.05) is 96.5 Å². The minimum atomic E-state index is -0.422. The van der Waals surface area contributed by atoms with Crippen LogP contribution >= 0.6 is 0 Å². The van der Waals surface area contributed by atoms with E-state index in [1.807, 2.05) is 13.8 Å². The van der Waals surface area contributed by atoms with Crippen LogP contribution in [-0.2, 0) is 11.2 Å². The molecule has 0 N–H and O–H groups in total. The van der Waals surface area contributed by atoms with Gasteiger partial charge < -0.3 is 4.74 Å². The number of allylic oxidation sites excluding steroid dienone is 5. The van der Waals surface area contributed by atoms with E-state index >= 15 is 0 Å². The van der Waals surface area contributed by atoms with E-state index in [9.17, 15) is 0 Å². The molecular weight excluding hydrogens is 416 g/mol. The number of fused-ring (bicyclic) bond motifs is 1. The van der Waals surface area contributed by atoms with Crippen LogP contribution in [0.5, 0.6) is 0 Å². The zero-order valence-electron chi connectivity index (χ0n) is 22.3. The third-order valence-corrected chi connectivity index (χ3v) is 8.32. The van der Waals surface area contributed by atoms with Crippen molar-refractivity contribution in [1.82, 2.24) is 0 Å². The third kappa shape index (κ3) is 6.91. The molecule has 0 saturated carbocycles. The minimum Gasteiger partial charge on any atom is -0.382 e. The standard InChI is InChI=1S/C18H19Si.C9H14.C4H10O/c1-13-12-15-10-7-11-16(14-8-5-4-6-9-14)17(15)18(13)19(2)3;1-6-5-7(2)9(4)8(6)3;1-3-5-4-2/h4-11H,12H2,1-3H3;5-6H,1-4H3;3-4H2,1-2H3. The highest BCUT2D eigenvalue weighted by molar-refractivity contribution is 6.77. The normalized spacial score (nSPS) is 16.8. The first-order valence-electron chi connectivity index (χ1n) is 12.3. The highest BCUT2D eigenvalue weighted by Gasteiger charge is 2.24. The van der Waals surface area contributed by atoms with Crippen LogP contribution in [0.15, 0.2) is 76.9 Å². The van der Waals surface area contributed by atoms with Crippen LogP contribution in [0.3, 0.4) is 0 Å². The van der Waals surface area contributed by atoms with E-state index < -0.39 is 8.80 Å². The van der Waals surface area contributed by atoms with Crippen molar-refractivity contribution < 1.29 is 4.74 Å². The van der Waals surface area contributed by atoms with Crippen molar-refractivity contribution in [3.05, 3.63) is 88.0 Å². The molecule has 0 bridgehead atoms. The average molecular weight is 460 g/mol. The van der Waals surface area contributed by atoms with Crippen molar-refractivity contribution >= 4 is 14.0 Å². The predicted molar refractivity (Wildman–Crippen MR) is 149 cm³/mol. The second-order valence-electron chi connectivity index (χ2n) is 9.27. The van der Waals surface area contributed by atoms with Gasteiger partial charge in [-0.15, -0.1) is 0 Å². The summed E-state index contributed by atoms with van der Waals surface area (Å²) in [6, 6.07) is 17.6. The van der Waals surface area contributed by atoms with Gasteiger partial charge in [-0.3, -0.25) is 0 Å². The Labute approximate surface area is 204 Å². The van der Waals surface area contributed by atoms with Gasteiger partial charge in [0.05, 0.1) is 8.80 Å². The fourth-order valence-corrected chi connectivity index (χ4v) is 6.38. The summed E-state index contributed by atoms with van der Waals surface area (Å²) in [5.41, 5.74) is 11.9. The van der Waals surface area contributed by atoms with Gasteiger partial charge in [0.25, 0.3) is 0 Å². The topological polar surface area (TPSA) is 9.23 Å². The van der Waals surface area contributed by atoms with Gasteiger partial charge in [0.2, 0.25) is 0 Å². The number of ether oxygens (including phenoxy) is 1. The zero-order chi connectivity index (χ0) is 24.5. The Balaban J connectivity index is 0.000000229. The molecule has 1 radical (unpaired) electrons. The molecule has 0 fully saturated rings. The Morgan fingerprint density at radius 2 is 1.52 bits per heavy atom. The number of rotatable bonds is 4. The van der Waals surface area contributed by atoms with E-state index in [0.717, 1.165) is 19.6 Å². The quantitative estimate of drug-likeness (QED) is 0.415. The van der Waals surface area contributed by atoms with Crippen molar-refractivity contribution in [3.63, 3.8) is 0 Å². The number of benzene rings is 2. The lowest BCUT2D eigenvalue weighted by Crippen LogP contribution is -2.05. The first kappa shape index (κ1) is 27.1. The van der Waals surface area contributed by atoms with Gasteiger partial charge in [0, 0.05) is 13.2 Å². The summed E-state index contributed by atoms with van der Waals surface area (Å²) in [5, 5.41) is 1.65. The first-order chi connectivity index (χ1) is 15.7. The van der Waals surface area contributed by atoms with Crippen molar-refractivity contribution in [3.8, 4) is 11.1 Å². The van der Waals surface area contributed by atoms with Gasteiger partial charge in [-0.25, -0.2) is 0 Å². The molecule has 0 spiro atoms. The highest BCUT2D eigenvalue weighted by Crippen LogP contribution is 2.40. The van der Waals surface area contributed by atoms with Gasteiger partial charge in [-0.05, 0) is 81.7 Å². The van der Waals surface area contributed by atoms with Gasteiger partial charge in [-0.2, -0.15) is 0 Å². The van der Waals surface area contributed by atoms with Crippen LogP contribution in [0.25, 0.3) is 16.3 Å². The SMILES string of the molecule is CC1=C([Si](C)C)c2c(cccc2-c2ccccc2)C1.CC1=CC(C)C(C)=C1C.CCOCC. The van der Waals surface area contributed by atoms with Crippen LogP contribution < -0.4 is 0 Å². The summed E-state index contributed by atoms with van der Waals surface area (Å²) >= 11 is 0. The van der Waals surface area contributed by atoms with E-state index in [0.29, 0.717) is 5.92 Å². The Hall–Kier alpha value is -2.16. The molecule has 0 saturated heterocycles. The van der Waals surface area contributed by atoms with Gasteiger partial charge in [0.15, 0.2) is 0 Å². The second kappa shape index (κ2) is 12.9. The Bertz CT molecular complexity index is 1010. The fourth-order valence-electron chi connectivity index (χ4n) is 4.65.